The van der Waals surface area contributed by atoms with E-state index >= 15 is 0 Å². The molecule has 1 saturated heterocycles. The maximum atomic E-state index is 2.79. The van der Waals surface area contributed by atoms with Crippen LogP contribution in [0.1, 0.15) is 100 Å². The third-order valence-corrected chi connectivity index (χ3v) is 13.9. The summed E-state index contributed by atoms with van der Waals surface area (Å²) >= 11 is 0.363. The third-order valence-electron chi connectivity index (χ3n) is 9.55. The van der Waals surface area contributed by atoms with Gasteiger partial charge in [0, 0.05) is 0 Å². The monoisotopic (exact) mass is 551 g/mol. The van der Waals surface area contributed by atoms with Crippen LogP contribution in [0.15, 0.2) is 34.9 Å². The minimum absolute atomic E-state index is 0.363. The summed E-state index contributed by atoms with van der Waals surface area (Å²) < 4.78 is 2.62. The normalized spacial score (nSPS) is 36.4. The van der Waals surface area contributed by atoms with Crippen LogP contribution in [-0.4, -0.2) is 8.35 Å². The van der Waals surface area contributed by atoms with Gasteiger partial charge in [-0.3, -0.25) is 0 Å². The number of hydrogen-bond donors (Lipinski definition) is 0. The van der Waals surface area contributed by atoms with E-state index in [0.717, 1.165) is 45.3 Å². The van der Waals surface area contributed by atoms with E-state index in [1.807, 2.05) is 0 Å². The van der Waals surface area contributed by atoms with Gasteiger partial charge in [0.2, 0.25) is 0 Å². The van der Waals surface area contributed by atoms with E-state index in [0.29, 0.717) is 27.1 Å². The van der Waals surface area contributed by atoms with E-state index in [2.05, 4.69) is 73.6 Å². The fourth-order valence-electron chi connectivity index (χ4n) is 6.75. The first kappa shape index (κ1) is 26.6. The van der Waals surface area contributed by atoms with Crippen molar-refractivity contribution in [3.05, 3.63) is 34.9 Å². The average molecular weight is 552 g/mol. The predicted molar refractivity (Wildman–Crippen MR) is 139 cm³/mol. The number of hydrogen-bond acceptors (Lipinski definition) is 0. The summed E-state index contributed by atoms with van der Waals surface area (Å²) in [6.07, 6.45) is 17.7. The molecule has 2 aliphatic carbocycles. The van der Waals surface area contributed by atoms with Crippen molar-refractivity contribution in [2.75, 3.05) is 4.43 Å². The van der Waals surface area contributed by atoms with Crippen molar-refractivity contribution in [1.82, 2.24) is 0 Å². The molecule has 0 saturated carbocycles. The summed E-state index contributed by atoms with van der Waals surface area (Å²) in [7, 11) is 0. The van der Waals surface area contributed by atoms with Crippen molar-refractivity contribution in [2.45, 2.75) is 104 Å². The molecule has 1 aliphatic heterocycles. The summed E-state index contributed by atoms with van der Waals surface area (Å²) in [6.45, 7) is 19.5. The molecule has 9 atom stereocenters. The Hall–Kier alpha value is -0.0500. The Labute approximate surface area is 211 Å². The molecule has 0 nitrogen and oxygen atoms in total. The third kappa shape index (κ3) is 6.54. The van der Waals surface area contributed by atoms with Gasteiger partial charge in [-0.15, -0.1) is 0 Å². The van der Waals surface area contributed by atoms with Gasteiger partial charge in [0.15, 0.2) is 0 Å². The first-order valence-corrected chi connectivity index (χ1v) is 16.6. The molecule has 0 amide bonds. The Balaban J connectivity index is 1.60. The fraction of sp³-hybridized carbons (Fsp3) is 0.806. The Kier molecular flexibility index (Phi) is 10.0. The van der Waals surface area contributed by atoms with Gasteiger partial charge in [-0.05, 0) is 0 Å². The molecule has 0 N–H and O–H groups in total. The second-order valence-electron chi connectivity index (χ2n) is 12.0. The Morgan fingerprint density at radius 3 is 2.44 bits per heavy atom. The Bertz CT molecular complexity index is 697. The van der Waals surface area contributed by atoms with Gasteiger partial charge in [-0.1, -0.05) is 0 Å². The van der Waals surface area contributed by atoms with Crippen molar-refractivity contribution in [2.24, 2.45) is 47.3 Å². The van der Waals surface area contributed by atoms with Crippen molar-refractivity contribution in [3.8, 4) is 0 Å². The molecular formula is C31H52I-. The molecule has 0 spiro atoms. The fourth-order valence-corrected chi connectivity index (χ4v) is 11.0. The van der Waals surface area contributed by atoms with Gasteiger partial charge >= 0.3 is 212 Å². The zero-order valence-electron chi connectivity index (χ0n) is 22.5. The second-order valence-corrected chi connectivity index (χ2v) is 15.3. The topological polar surface area (TPSA) is 0 Å². The molecular weight excluding hydrogens is 499 g/mol. The molecule has 0 aromatic rings. The molecule has 1 heteroatoms. The van der Waals surface area contributed by atoms with E-state index in [1.54, 1.807) is 21.1 Å². The van der Waals surface area contributed by atoms with E-state index < -0.39 is 0 Å². The van der Waals surface area contributed by atoms with Gasteiger partial charge in [-0.2, -0.15) is 0 Å². The zero-order valence-corrected chi connectivity index (χ0v) is 24.6. The molecule has 3 aliphatic rings. The Morgan fingerprint density at radius 2 is 1.78 bits per heavy atom. The molecule has 1 heterocycles. The van der Waals surface area contributed by atoms with Gasteiger partial charge in [0.05, 0.1) is 0 Å². The van der Waals surface area contributed by atoms with Crippen LogP contribution in [0.4, 0.5) is 0 Å². The molecule has 0 aromatic heterocycles. The summed E-state index contributed by atoms with van der Waals surface area (Å²) in [6, 6.07) is 0. The second kappa shape index (κ2) is 12.1. The van der Waals surface area contributed by atoms with Gasteiger partial charge < -0.3 is 0 Å². The molecule has 184 valence electrons. The van der Waals surface area contributed by atoms with Gasteiger partial charge in [0.25, 0.3) is 0 Å². The van der Waals surface area contributed by atoms with E-state index in [9.17, 15) is 0 Å². The minimum atomic E-state index is 0.363. The number of alkyl halides is 2. The van der Waals surface area contributed by atoms with Gasteiger partial charge in [-0.25, -0.2) is 0 Å². The summed E-state index contributed by atoms with van der Waals surface area (Å²) in [5.41, 5.74) is 5.04. The van der Waals surface area contributed by atoms with Crippen LogP contribution in [0.25, 0.3) is 0 Å². The SMILES string of the molecule is CCC(C)C(C)C[C@H](C)C1=CC([C@@H]2C[C@@H](CC3C=CC(CC)C(C)C3)C[I-]2)CC(C)=C1C. The zero-order chi connectivity index (χ0) is 23.4. The molecule has 0 bridgehead atoms. The van der Waals surface area contributed by atoms with Crippen LogP contribution in [0.2, 0.25) is 0 Å². The maximum absolute atomic E-state index is 2.79. The van der Waals surface area contributed by atoms with E-state index in [4.69, 9.17) is 0 Å². The van der Waals surface area contributed by atoms with Crippen molar-refractivity contribution >= 4 is 0 Å². The van der Waals surface area contributed by atoms with E-state index in [-0.39, 0.29) is 0 Å². The number of allylic oxidation sites excluding steroid dienone is 6. The Morgan fingerprint density at radius 1 is 1.03 bits per heavy atom. The van der Waals surface area contributed by atoms with Gasteiger partial charge in [0.1, 0.15) is 0 Å². The first-order valence-electron chi connectivity index (χ1n) is 13.9. The van der Waals surface area contributed by atoms with Crippen LogP contribution in [-0.2, 0) is 0 Å². The summed E-state index contributed by atoms with van der Waals surface area (Å²) in [5, 5.41) is 0. The van der Waals surface area contributed by atoms with Crippen LogP contribution < -0.4 is 21.2 Å². The van der Waals surface area contributed by atoms with Crippen LogP contribution in [0.3, 0.4) is 0 Å². The summed E-state index contributed by atoms with van der Waals surface area (Å²) in [5.74, 6) is 6.83. The first-order chi connectivity index (χ1) is 15.2. The molecule has 32 heavy (non-hydrogen) atoms. The molecule has 0 aromatic carbocycles. The molecule has 6 unspecified atom stereocenters. The molecule has 3 rings (SSSR count). The van der Waals surface area contributed by atoms with Crippen LogP contribution in [0.5, 0.6) is 0 Å². The molecule has 0 radical (unpaired) electrons. The van der Waals surface area contributed by atoms with Crippen LogP contribution >= 0.6 is 0 Å². The standard InChI is InChI=1S/C31H52I/c1-9-20(3)21(4)13-24(7)30-18-29(15-22(5)25(30)8)31-17-27(19-32-31)16-26-11-12-28(10-2)23(6)14-26/h11-12,18,20-21,23-24,26-29,31H,9-10,13-17,19H2,1-8H3/q-1/t20?,21?,23?,24-,26?,27+,28?,29?,31-/m0/s1. The number of halogens is 1. The van der Waals surface area contributed by atoms with Crippen molar-refractivity contribution in [3.63, 3.8) is 0 Å². The van der Waals surface area contributed by atoms with Crippen molar-refractivity contribution < 1.29 is 21.2 Å². The van der Waals surface area contributed by atoms with Crippen molar-refractivity contribution in [1.29, 1.82) is 0 Å². The quantitative estimate of drug-likeness (QED) is 0.185. The number of rotatable bonds is 9. The predicted octanol–water partition coefficient (Wildman–Crippen LogP) is 6.08. The van der Waals surface area contributed by atoms with E-state index in [1.165, 1.54) is 44.9 Å². The van der Waals surface area contributed by atoms with Crippen LogP contribution in [0, 0.1) is 47.3 Å². The molecule has 1 fully saturated rings. The summed E-state index contributed by atoms with van der Waals surface area (Å²) in [4.78, 5) is 0. The average Bonchev–Trinajstić information content (AvgIpc) is 3.23.